The quantitative estimate of drug-likeness (QED) is 0.655. The molecule has 3 aromatic rings. The molecule has 0 saturated heterocycles. The molecule has 1 heterocycles. The van der Waals surface area contributed by atoms with E-state index in [0.717, 1.165) is 11.1 Å². The number of amides is 1. The molecule has 1 atom stereocenters. The second-order valence-corrected chi connectivity index (χ2v) is 7.31. The Morgan fingerprint density at radius 2 is 1.62 bits per heavy atom. The van der Waals surface area contributed by atoms with E-state index in [-0.39, 0.29) is 11.3 Å². The number of aliphatic hydroxyl groups is 1. The molecular formula is C24H21NO4. The summed E-state index contributed by atoms with van der Waals surface area (Å²) in [4.78, 5) is 27.6. The van der Waals surface area contributed by atoms with Gasteiger partial charge in [-0.1, -0.05) is 54.6 Å². The summed E-state index contributed by atoms with van der Waals surface area (Å²) in [6.07, 6.45) is -0.440. The maximum Gasteiger partial charge on any atom is 0.264 e. The van der Waals surface area contributed by atoms with Crippen molar-refractivity contribution in [1.29, 1.82) is 0 Å². The van der Waals surface area contributed by atoms with E-state index in [4.69, 9.17) is 0 Å². The summed E-state index contributed by atoms with van der Waals surface area (Å²) in [5.41, 5.74) is 1.11. The van der Waals surface area contributed by atoms with Crippen molar-refractivity contribution in [1.82, 2.24) is 0 Å². The predicted octanol–water partition coefficient (Wildman–Crippen LogP) is 3.71. The van der Waals surface area contributed by atoms with Crippen molar-refractivity contribution in [3.05, 3.63) is 95.1 Å². The van der Waals surface area contributed by atoms with Crippen molar-refractivity contribution in [2.75, 3.05) is 4.90 Å². The molecule has 0 fully saturated rings. The van der Waals surface area contributed by atoms with Crippen LogP contribution in [0.15, 0.2) is 72.8 Å². The zero-order chi connectivity index (χ0) is 20.6. The molecule has 0 bridgehead atoms. The first kappa shape index (κ1) is 18.9. The van der Waals surface area contributed by atoms with Crippen LogP contribution in [-0.4, -0.2) is 21.9 Å². The van der Waals surface area contributed by atoms with Gasteiger partial charge in [0.15, 0.2) is 11.4 Å². The van der Waals surface area contributed by atoms with E-state index >= 15 is 0 Å². The number of nitrogens with zero attached hydrogens (tertiary/aromatic N) is 1. The number of para-hydroxylation sites is 2. The zero-order valence-electron chi connectivity index (χ0n) is 16.0. The van der Waals surface area contributed by atoms with E-state index in [1.165, 1.54) is 17.0 Å². The van der Waals surface area contributed by atoms with E-state index in [1.54, 1.807) is 36.4 Å². The Balaban J connectivity index is 1.71. The summed E-state index contributed by atoms with van der Waals surface area (Å²) < 4.78 is 0. The van der Waals surface area contributed by atoms with Gasteiger partial charge in [0.25, 0.3) is 5.91 Å². The first-order valence-electron chi connectivity index (χ1n) is 9.41. The van der Waals surface area contributed by atoms with Crippen LogP contribution in [0.2, 0.25) is 0 Å². The molecule has 5 heteroatoms. The number of rotatable bonds is 5. The van der Waals surface area contributed by atoms with Crippen molar-refractivity contribution in [2.45, 2.75) is 25.5 Å². The highest BCUT2D eigenvalue weighted by Gasteiger charge is 2.50. The van der Waals surface area contributed by atoms with Crippen LogP contribution in [0.3, 0.4) is 0 Å². The number of benzene rings is 3. The number of fused-ring (bicyclic) bond motifs is 1. The Hall–Kier alpha value is -3.44. The van der Waals surface area contributed by atoms with Crippen LogP contribution in [0.25, 0.3) is 0 Å². The molecule has 0 radical (unpaired) electrons. The summed E-state index contributed by atoms with van der Waals surface area (Å²) in [5.74, 6) is -1.20. The number of Topliss-reactive ketones (excluding diaryl/α,β-unsaturated/α-hetero) is 1. The van der Waals surface area contributed by atoms with Crippen molar-refractivity contribution in [3.8, 4) is 5.75 Å². The van der Waals surface area contributed by atoms with Gasteiger partial charge in [0.1, 0.15) is 5.75 Å². The Morgan fingerprint density at radius 3 is 2.38 bits per heavy atom. The lowest BCUT2D eigenvalue weighted by Gasteiger charge is -2.23. The number of aromatic hydroxyl groups is 1. The van der Waals surface area contributed by atoms with Gasteiger partial charge in [0.05, 0.1) is 24.2 Å². The molecule has 146 valence electrons. The van der Waals surface area contributed by atoms with Crippen LogP contribution < -0.4 is 4.90 Å². The lowest BCUT2D eigenvalue weighted by Crippen LogP contribution is -2.41. The van der Waals surface area contributed by atoms with Gasteiger partial charge < -0.3 is 15.1 Å². The third-order valence-corrected chi connectivity index (χ3v) is 5.45. The summed E-state index contributed by atoms with van der Waals surface area (Å²) >= 11 is 0. The Labute approximate surface area is 168 Å². The van der Waals surface area contributed by atoms with Gasteiger partial charge in [-0.05, 0) is 36.2 Å². The monoisotopic (exact) mass is 387 g/mol. The van der Waals surface area contributed by atoms with Gasteiger partial charge in [0, 0.05) is 5.56 Å². The molecule has 1 aliphatic rings. The molecule has 1 aliphatic heterocycles. The molecule has 0 aliphatic carbocycles. The van der Waals surface area contributed by atoms with Crippen molar-refractivity contribution in [3.63, 3.8) is 0 Å². The summed E-state index contributed by atoms with van der Waals surface area (Å²) in [7, 11) is 0. The molecule has 0 spiro atoms. The van der Waals surface area contributed by atoms with E-state index < -0.39 is 23.7 Å². The number of carbonyl (C=O) groups is 2. The molecule has 3 aromatic carbocycles. The van der Waals surface area contributed by atoms with Crippen LogP contribution in [0.5, 0.6) is 5.75 Å². The number of phenolic OH excluding ortho intramolecular Hbond substituents is 1. The highest BCUT2D eigenvalue weighted by Crippen LogP contribution is 2.44. The highest BCUT2D eigenvalue weighted by atomic mass is 16.3. The average molecular weight is 387 g/mol. The molecule has 1 amide bonds. The molecule has 0 saturated carbocycles. The minimum Gasteiger partial charge on any atom is -0.507 e. The number of aryl methyl sites for hydroxylation is 1. The number of phenols is 1. The number of hydrogen-bond donors (Lipinski definition) is 2. The van der Waals surface area contributed by atoms with Gasteiger partial charge in [-0.15, -0.1) is 0 Å². The lowest BCUT2D eigenvalue weighted by atomic mass is 9.88. The predicted molar refractivity (Wildman–Crippen MR) is 110 cm³/mol. The topological polar surface area (TPSA) is 77.8 Å². The first-order valence-corrected chi connectivity index (χ1v) is 9.41. The Morgan fingerprint density at radius 1 is 0.966 bits per heavy atom. The number of carbonyl (C=O) groups excluding carboxylic acids is 2. The maximum absolute atomic E-state index is 13.3. The maximum atomic E-state index is 13.3. The first-order chi connectivity index (χ1) is 13.9. The molecule has 5 nitrogen and oxygen atoms in total. The smallest absolute Gasteiger partial charge is 0.264 e. The van der Waals surface area contributed by atoms with Crippen LogP contribution in [0.4, 0.5) is 5.69 Å². The number of ketones is 1. The summed E-state index contributed by atoms with van der Waals surface area (Å²) in [6, 6.07) is 20.9. The van der Waals surface area contributed by atoms with Gasteiger partial charge >= 0.3 is 0 Å². The van der Waals surface area contributed by atoms with Gasteiger partial charge in [-0.2, -0.15) is 0 Å². The fourth-order valence-electron chi connectivity index (χ4n) is 3.83. The van der Waals surface area contributed by atoms with Crippen LogP contribution in [0, 0.1) is 6.92 Å². The summed E-state index contributed by atoms with van der Waals surface area (Å²) in [5, 5.41) is 21.3. The lowest BCUT2D eigenvalue weighted by molar-refractivity contribution is -0.136. The Kier molecular flexibility index (Phi) is 4.68. The largest absolute Gasteiger partial charge is 0.507 e. The SMILES string of the molecule is Cc1ccccc1CN1C(=O)C(O)(CC(=O)c2ccccc2O)c2ccccc21. The average Bonchev–Trinajstić information content (AvgIpc) is 2.92. The number of anilines is 1. The van der Waals surface area contributed by atoms with Crippen LogP contribution in [-0.2, 0) is 16.9 Å². The Bertz CT molecular complexity index is 1110. The third-order valence-electron chi connectivity index (χ3n) is 5.45. The van der Waals surface area contributed by atoms with Crippen molar-refractivity contribution < 1.29 is 19.8 Å². The third kappa shape index (κ3) is 3.19. The normalized spacial score (nSPS) is 18.0. The number of hydrogen-bond acceptors (Lipinski definition) is 4. The van der Waals surface area contributed by atoms with E-state index in [9.17, 15) is 19.8 Å². The minimum absolute atomic E-state index is 0.0866. The van der Waals surface area contributed by atoms with E-state index in [1.807, 2.05) is 31.2 Å². The molecule has 29 heavy (non-hydrogen) atoms. The van der Waals surface area contributed by atoms with Gasteiger partial charge in [0.2, 0.25) is 0 Å². The fourth-order valence-corrected chi connectivity index (χ4v) is 3.83. The van der Waals surface area contributed by atoms with Crippen LogP contribution in [0.1, 0.15) is 33.5 Å². The van der Waals surface area contributed by atoms with Crippen molar-refractivity contribution >= 4 is 17.4 Å². The van der Waals surface area contributed by atoms with Crippen molar-refractivity contribution in [2.24, 2.45) is 0 Å². The summed E-state index contributed by atoms with van der Waals surface area (Å²) in [6.45, 7) is 2.27. The minimum atomic E-state index is -1.97. The second-order valence-electron chi connectivity index (χ2n) is 7.31. The molecule has 4 rings (SSSR count). The van der Waals surface area contributed by atoms with Gasteiger partial charge in [-0.3, -0.25) is 9.59 Å². The molecule has 0 aromatic heterocycles. The molecule has 2 N–H and O–H groups in total. The van der Waals surface area contributed by atoms with Gasteiger partial charge in [-0.25, -0.2) is 0 Å². The van der Waals surface area contributed by atoms with Crippen LogP contribution >= 0.6 is 0 Å². The van der Waals surface area contributed by atoms with E-state index in [0.29, 0.717) is 17.8 Å². The molecular weight excluding hydrogens is 366 g/mol. The fraction of sp³-hybridized carbons (Fsp3) is 0.167. The standard InChI is InChI=1S/C24H21NO4/c1-16-8-2-3-9-17(16)15-25-20-12-6-5-11-19(20)24(29,23(25)28)14-22(27)18-10-4-7-13-21(18)26/h2-13,26,29H,14-15H2,1H3. The zero-order valence-corrected chi connectivity index (χ0v) is 16.0. The highest BCUT2D eigenvalue weighted by molar-refractivity contribution is 6.11. The van der Waals surface area contributed by atoms with E-state index in [2.05, 4.69) is 0 Å². The molecule has 1 unspecified atom stereocenters. The second kappa shape index (κ2) is 7.18.